The molecule has 0 spiro atoms. The molecule has 11 heavy (non-hydrogen) atoms. The predicted molar refractivity (Wildman–Crippen MR) is 46.3 cm³/mol. The van der Waals surface area contributed by atoms with E-state index in [0.29, 0.717) is 0 Å². The van der Waals surface area contributed by atoms with Gasteiger partial charge in [-0.25, -0.2) is 0 Å². The highest BCUT2D eigenvalue weighted by molar-refractivity contribution is 9.10. The Morgan fingerprint density at radius 3 is 3.09 bits per heavy atom. The second-order valence-corrected chi connectivity index (χ2v) is 3.70. The van der Waals surface area contributed by atoms with Crippen LogP contribution in [0.5, 0.6) is 0 Å². The zero-order chi connectivity index (χ0) is 7.84. The lowest BCUT2D eigenvalue weighted by atomic mass is 10.1. The zero-order valence-corrected chi connectivity index (χ0v) is 7.71. The summed E-state index contributed by atoms with van der Waals surface area (Å²) in [6, 6.07) is 3.97. The molecule has 1 atom stereocenters. The van der Waals surface area contributed by atoms with Crippen molar-refractivity contribution in [3.05, 3.63) is 22.4 Å². The van der Waals surface area contributed by atoms with Gasteiger partial charge in [0.15, 0.2) is 0 Å². The molecule has 2 nitrogen and oxygen atoms in total. The maximum Gasteiger partial charge on any atom is 0.0940 e. The van der Waals surface area contributed by atoms with E-state index < -0.39 is 0 Å². The molecule has 2 heterocycles. The van der Waals surface area contributed by atoms with E-state index in [0.717, 1.165) is 29.7 Å². The average molecular weight is 216 g/mol. The molecule has 0 saturated heterocycles. The van der Waals surface area contributed by atoms with Crippen LogP contribution in [0.4, 0.5) is 0 Å². The molecule has 0 bridgehead atoms. The average Bonchev–Trinajstić information content (AvgIpc) is 2.35. The van der Waals surface area contributed by atoms with E-state index in [1.54, 1.807) is 0 Å². The molecule has 0 saturated carbocycles. The van der Waals surface area contributed by atoms with Crippen LogP contribution in [-0.4, -0.2) is 9.67 Å². The molecule has 0 amide bonds. The third-order valence-corrected chi connectivity index (χ3v) is 2.85. The molecule has 0 aromatic carbocycles. The molecule has 1 aromatic heterocycles. The summed E-state index contributed by atoms with van der Waals surface area (Å²) in [5.74, 6) is 0. The Labute approximate surface area is 74.0 Å². The summed E-state index contributed by atoms with van der Waals surface area (Å²) in [7, 11) is 0. The van der Waals surface area contributed by atoms with Crippen molar-refractivity contribution < 1.29 is 5.11 Å². The van der Waals surface area contributed by atoms with Crippen molar-refractivity contribution in [2.45, 2.75) is 25.5 Å². The highest BCUT2D eigenvalue weighted by Crippen LogP contribution is 2.29. The van der Waals surface area contributed by atoms with Gasteiger partial charge in [0.05, 0.1) is 10.7 Å². The number of fused-ring (bicyclic) bond motifs is 1. The highest BCUT2D eigenvalue weighted by Gasteiger charge is 2.18. The van der Waals surface area contributed by atoms with Crippen LogP contribution in [0.2, 0.25) is 0 Å². The zero-order valence-electron chi connectivity index (χ0n) is 6.13. The van der Waals surface area contributed by atoms with Crippen molar-refractivity contribution >= 4 is 15.9 Å². The van der Waals surface area contributed by atoms with Gasteiger partial charge in [-0.2, -0.15) is 0 Å². The highest BCUT2D eigenvalue weighted by atomic mass is 79.9. The normalized spacial score (nSPS) is 23.3. The number of aliphatic hydroxyl groups excluding tert-OH is 1. The van der Waals surface area contributed by atoms with Gasteiger partial charge >= 0.3 is 0 Å². The van der Waals surface area contributed by atoms with E-state index >= 15 is 0 Å². The summed E-state index contributed by atoms with van der Waals surface area (Å²) in [6.07, 6.45) is 1.72. The number of hydrogen-bond donors (Lipinski definition) is 1. The topological polar surface area (TPSA) is 25.2 Å². The maximum atomic E-state index is 9.53. The third kappa shape index (κ3) is 1.12. The minimum atomic E-state index is -0.255. The molecular weight excluding hydrogens is 206 g/mol. The number of hydrogen-bond acceptors (Lipinski definition) is 1. The fraction of sp³-hybridized carbons (Fsp3) is 0.500. The van der Waals surface area contributed by atoms with Gasteiger partial charge < -0.3 is 9.67 Å². The van der Waals surface area contributed by atoms with Gasteiger partial charge in [0.2, 0.25) is 0 Å². The lowest BCUT2D eigenvalue weighted by molar-refractivity contribution is 0.138. The molecule has 1 aromatic rings. The van der Waals surface area contributed by atoms with Gasteiger partial charge in [0.25, 0.3) is 0 Å². The van der Waals surface area contributed by atoms with Crippen molar-refractivity contribution in [3.8, 4) is 0 Å². The van der Waals surface area contributed by atoms with Gasteiger partial charge in [0, 0.05) is 12.2 Å². The van der Waals surface area contributed by atoms with E-state index in [1.165, 1.54) is 0 Å². The van der Waals surface area contributed by atoms with Gasteiger partial charge in [-0.1, -0.05) is 0 Å². The minimum Gasteiger partial charge on any atom is -0.387 e. The molecule has 1 N–H and O–H groups in total. The Hall–Kier alpha value is -0.280. The molecule has 2 rings (SSSR count). The molecule has 0 radical (unpaired) electrons. The molecular formula is C8H10BrNO. The Balaban J connectivity index is 2.46. The smallest absolute Gasteiger partial charge is 0.0940 e. The van der Waals surface area contributed by atoms with Crippen LogP contribution in [0.15, 0.2) is 16.7 Å². The van der Waals surface area contributed by atoms with Gasteiger partial charge in [-0.15, -0.1) is 0 Å². The first-order valence-electron chi connectivity index (χ1n) is 3.82. The van der Waals surface area contributed by atoms with Crippen LogP contribution in [0.3, 0.4) is 0 Å². The summed E-state index contributed by atoms with van der Waals surface area (Å²) >= 11 is 3.43. The monoisotopic (exact) mass is 215 g/mol. The van der Waals surface area contributed by atoms with Crippen LogP contribution in [0.1, 0.15) is 24.6 Å². The van der Waals surface area contributed by atoms with Crippen molar-refractivity contribution in [1.29, 1.82) is 0 Å². The SMILES string of the molecule is OC1CCCn2c(Br)ccc21. The molecule has 1 unspecified atom stereocenters. The number of aromatic nitrogens is 1. The summed E-state index contributed by atoms with van der Waals surface area (Å²) in [5, 5.41) is 9.53. The van der Waals surface area contributed by atoms with Crippen LogP contribution in [0.25, 0.3) is 0 Å². The lowest BCUT2D eigenvalue weighted by Gasteiger charge is -2.20. The Kier molecular flexibility index (Phi) is 1.77. The van der Waals surface area contributed by atoms with Crippen LogP contribution in [0, 0.1) is 0 Å². The molecule has 0 fully saturated rings. The fourth-order valence-electron chi connectivity index (χ4n) is 1.57. The Morgan fingerprint density at radius 1 is 1.55 bits per heavy atom. The quantitative estimate of drug-likeness (QED) is 0.705. The lowest BCUT2D eigenvalue weighted by Crippen LogP contribution is -2.14. The number of aliphatic hydroxyl groups is 1. The first-order chi connectivity index (χ1) is 5.29. The van der Waals surface area contributed by atoms with Crippen molar-refractivity contribution in [2.75, 3.05) is 0 Å². The second kappa shape index (κ2) is 2.64. The van der Waals surface area contributed by atoms with Crippen LogP contribution >= 0.6 is 15.9 Å². The summed E-state index contributed by atoms with van der Waals surface area (Å²) in [6.45, 7) is 1.03. The van der Waals surface area contributed by atoms with E-state index in [1.807, 2.05) is 12.1 Å². The standard InChI is InChI=1S/C8H10BrNO/c9-8-4-3-6-7(11)2-1-5-10(6)8/h3-4,7,11H,1-2,5H2. The molecule has 3 heteroatoms. The van der Waals surface area contributed by atoms with Crippen molar-refractivity contribution in [1.82, 2.24) is 4.57 Å². The fourth-order valence-corrected chi connectivity index (χ4v) is 2.09. The number of nitrogens with zero attached hydrogens (tertiary/aromatic N) is 1. The molecule has 1 aliphatic heterocycles. The summed E-state index contributed by atoms with van der Waals surface area (Å²) < 4.78 is 3.19. The van der Waals surface area contributed by atoms with E-state index in [-0.39, 0.29) is 6.10 Å². The summed E-state index contributed by atoms with van der Waals surface area (Å²) in [4.78, 5) is 0. The second-order valence-electron chi connectivity index (χ2n) is 2.89. The maximum absolute atomic E-state index is 9.53. The molecule has 1 aliphatic rings. The van der Waals surface area contributed by atoms with Crippen LogP contribution in [-0.2, 0) is 6.54 Å². The minimum absolute atomic E-state index is 0.255. The predicted octanol–water partition coefficient (Wildman–Crippen LogP) is 2.08. The van der Waals surface area contributed by atoms with Gasteiger partial charge in [-0.05, 0) is 40.9 Å². The molecule has 0 aliphatic carbocycles. The Bertz CT molecular complexity index is 269. The van der Waals surface area contributed by atoms with Gasteiger partial charge in [-0.3, -0.25) is 0 Å². The van der Waals surface area contributed by atoms with Crippen LogP contribution < -0.4 is 0 Å². The van der Waals surface area contributed by atoms with Crippen molar-refractivity contribution in [2.24, 2.45) is 0 Å². The summed E-state index contributed by atoms with van der Waals surface area (Å²) in [5.41, 5.74) is 1.04. The van der Waals surface area contributed by atoms with Crippen molar-refractivity contribution in [3.63, 3.8) is 0 Å². The van der Waals surface area contributed by atoms with E-state index in [4.69, 9.17) is 0 Å². The first kappa shape index (κ1) is 7.37. The van der Waals surface area contributed by atoms with Gasteiger partial charge in [0.1, 0.15) is 0 Å². The molecule has 60 valence electrons. The van der Waals surface area contributed by atoms with E-state index in [2.05, 4.69) is 20.5 Å². The number of halogens is 1. The first-order valence-corrected chi connectivity index (χ1v) is 4.61. The Morgan fingerprint density at radius 2 is 2.36 bits per heavy atom. The third-order valence-electron chi connectivity index (χ3n) is 2.16. The largest absolute Gasteiger partial charge is 0.387 e. The van der Waals surface area contributed by atoms with E-state index in [9.17, 15) is 5.11 Å². The number of rotatable bonds is 0.